The number of halogens is 6. The molecule has 1 aliphatic heterocycles. The fraction of sp³-hybridized carbons (Fsp3) is 0.682. The Morgan fingerprint density at radius 2 is 1.69 bits per heavy atom. The van der Waals surface area contributed by atoms with Gasteiger partial charge in [-0.05, 0) is 55.4 Å². The molecule has 3 unspecified atom stereocenters. The van der Waals surface area contributed by atoms with Gasteiger partial charge >= 0.3 is 12.4 Å². The average Bonchev–Trinajstić information content (AvgIpc) is 3.17. The summed E-state index contributed by atoms with van der Waals surface area (Å²) in [5.41, 5.74) is -3.46. The van der Waals surface area contributed by atoms with E-state index in [1.807, 2.05) is 6.92 Å². The van der Waals surface area contributed by atoms with Crippen molar-refractivity contribution in [3.63, 3.8) is 0 Å². The standard InChI is InChI=1S/C22H28F6N2O4S/c1-13-12-34-6-4-18(13)30-17-3-5-20(10-17,35(2,32)33)19(31)29-11-14-7-15(21(23,24)25)9-16(8-14)22(26,27)28/h7-9,13,17-18,30H,3-6,10-12H2,1-2H3,(H,29,31)/t13?,17-,18?,20?/m1/s1. The van der Waals surface area contributed by atoms with Crippen LogP contribution in [0.3, 0.4) is 0 Å². The van der Waals surface area contributed by atoms with Gasteiger partial charge in [0.1, 0.15) is 0 Å². The van der Waals surface area contributed by atoms with Crippen molar-refractivity contribution >= 4 is 15.7 Å². The summed E-state index contributed by atoms with van der Waals surface area (Å²) in [6, 6.07) is 0.806. The number of rotatable bonds is 6. The Bertz CT molecular complexity index is 1010. The first-order valence-corrected chi connectivity index (χ1v) is 13.0. The number of alkyl halides is 6. The van der Waals surface area contributed by atoms with Crippen molar-refractivity contribution in [2.24, 2.45) is 5.92 Å². The SMILES string of the molecule is CC1COCCC1N[C@@H]1CCC(C(=O)NCc2cc(C(F)(F)F)cc(C(F)(F)F)c2)(S(C)(=O)=O)C1. The Balaban J connectivity index is 1.78. The molecule has 0 radical (unpaired) electrons. The monoisotopic (exact) mass is 530 g/mol. The first-order valence-electron chi connectivity index (χ1n) is 11.1. The van der Waals surface area contributed by atoms with Crippen LogP contribution in [-0.4, -0.2) is 50.6 Å². The average molecular weight is 531 g/mol. The summed E-state index contributed by atoms with van der Waals surface area (Å²) >= 11 is 0. The van der Waals surface area contributed by atoms with Gasteiger partial charge in [0.2, 0.25) is 5.91 Å². The predicted octanol–water partition coefficient (Wildman–Crippen LogP) is 3.69. The third-order valence-corrected chi connectivity index (χ3v) is 8.76. The molecule has 1 amide bonds. The summed E-state index contributed by atoms with van der Waals surface area (Å²) in [6.45, 7) is 2.42. The number of hydrogen-bond donors (Lipinski definition) is 2. The number of carbonyl (C=O) groups excluding carboxylic acids is 1. The Hall–Kier alpha value is -1.86. The summed E-state index contributed by atoms with van der Waals surface area (Å²) in [7, 11) is -3.95. The van der Waals surface area contributed by atoms with Crippen LogP contribution in [-0.2, 0) is 38.3 Å². The van der Waals surface area contributed by atoms with Gasteiger partial charge < -0.3 is 15.4 Å². The van der Waals surface area contributed by atoms with E-state index in [9.17, 15) is 39.6 Å². The van der Waals surface area contributed by atoms with E-state index < -0.39 is 56.1 Å². The number of nitrogens with one attached hydrogen (secondary N) is 2. The van der Waals surface area contributed by atoms with E-state index in [0.29, 0.717) is 31.8 Å². The zero-order valence-corrected chi connectivity index (χ0v) is 20.0. The third kappa shape index (κ3) is 6.29. The molecule has 2 aliphatic rings. The van der Waals surface area contributed by atoms with Crippen LogP contribution in [0.1, 0.15) is 49.3 Å². The quantitative estimate of drug-likeness (QED) is 0.549. The molecular weight excluding hydrogens is 502 g/mol. The third-order valence-electron chi connectivity index (χ3n) is 6.79. The van der Waals surface area contributed by atoms with E-state index >= 15 is 0 Å². The van der Waals surface area contributed by atoms with E-state index in [1.165, 1.54) is 0 Å². The highest BCUT2D eigenvalue weighted by Crippen LogP contribution is 2.39. The lowest BCUT2D eigenvalue weighted by atomic mass is 9.96. The van der Waals surface area contributed by atoms with Crippen LogP contribution < -0.4 is 10.6 Å². The van der Waals surface area contributed by atoms with Gasteiger partial charge in [0.15, 0.2) is 14.6 Å². The lowest BCUT2D eigenvalue weighted by Crippen LogP contribution is -2.52. The highest BCUT2D eigenvalue weighted by molar-refractivity contribution is 7.92. The van der Waals surface area contributed by atoms with Crippen LogP contribution in [0.25, 0.3) is 0 Å². The number of sulfone groups is 1. The minimum atomic E-state index is -5.03. The van der Waals surface area contributed by atoms with Gasteiger partial charge in [-0.2, -0.15) is 26.3 Å². The normalized spacial score (nSPS) is 28.2. The Labute approximate surface area is 199 Å². The van der Waals surface area contributed by atoms with Gasteiger partial charge in [-0.25, -0.2) is 8.42 Å². The van der Waals surface area contributed by atoms with Gasteiger partial charge in [0.05, 0.1) is 17.7 Å². The molecule has 1 aromatic carbocycles. The van der Waals surface area contributed by atoms with Crippen LogP contribution in [0, 0.1) is 5.92 Å². The Kier molecular flexibility index (Phi) is 7.83. The minimum Gasteiger partial charge on any atom is -0.381 e. The van der Waals surface area contributed by atoms with Crippen molar-refractivity contribution in [2.75, 3.05) is 19.5 Å². The van der Waals surface area contributed by atoms with E-state index in [-0.39, 0.29) is 36.9 Å². The molecule has 2 N–H and O–H groups in total. The number of carbonyl (C=O) groups is 1. The second-order valence-corrected chi connectivity index (χ2v) is 11.7. The zero-order chi connectivity index (χ0) is 26.2. The molecule has 4 atom stereocenters. The molecule has 35 heavy (non-hydrogen) atoms. The highest BCUT2D eigenvalue weighted by atomic mass is 32.2. The molecule has 0 spiro atoms. The zero-order valence-electron chi connectivity index (χ0n) is 19.2. The van der Waals surface area contributed by atoms with E-state index in [1.54, 1.807) is 0 Å². The Morgan fingerprint density at radius 3 is 2.20 bits per heavy atom. The van der Waals surface area contributed by atoms with Crippen LogP contribution in [0.2, 0.25) is 0 Å². The molecule has 198 valence electrons. The van der Waals surface area contributed by atoms with Crippen LogP contribution in [0.4, 0.5) is 26.3 Å². The molecular formula is C22H28F6N2O4S. The number of hydrogen-bond acceptors (Lipinski definition) is 5. The molecule has 1 saturated carbocycles. The van der Waals surface area contributed by atoms with Crippen LogP contribution >= 0.6 is 0 Å². The molecule has 1 aliphatic carbocycles. The maximum Gasteiger partial charge on any atom is 0.416 e. The predicted molar refractivity (Wildman–Crippen MR) is 115 cm³/mol. The van der Waals surface area contributed by atoms with E-state index in [2.05, 4.69) is 10.6 Å². The van der Waals surface area contributed by atoms with Gasteiger partial charge in [-0.1, -0.05) is 6.92 Å². The maximum atomic E-state index is 13.1. The lowest BCUT2D eigenvalue weighted by molar-refractivity contribution is -0.143. The summed E-state index contributed by atoms with van der Waals surface area (Å²) in [4.78, 5) is 13.1. The second-order valence-electron chi connectivity index (χ2n) is 9.42. The molecule has 1 aromatic rings. The molecule has 3 rings (SSSR count). The summed E-state index contributed by atoms with van der Waals surface area (Å²) in [5.74, 6) is -0.746. The lowest BCUT2D eigenvalue weighted by Gasteiger charge is -2.33. The highest BCUT2D eigenvalue weighted by Gasteiger charge is 2.53. The fourth-order valence-electron chi connectivity index (χ4n) is 4.76. The Morgan fingerprint density at radius 1 is 1.09 bits per heavy atom. The summed E-state index contributed by atoms with van der Waals surface area (Å²) < 4.78 is 108. The van der Waals surface area contributed by atoms with Crippen molar-refractivity contribution in [3.05, 3.63) is 34.9 Å². The van der Waals surface area contributed by atoms with Crippen molar-refractivity contribution in [3.8, 4) is 0 Å². The number of ether oxygens (including phenoxy) is 1. The first kappa shape index (κ1) is 27.7. The molecule has 13 heteroatoms. The van der Waals surface area contributed by atoms with Crippen LogP contribution in [0.15, 0.2) is 18.2 Å². The second kappa shape index (κ2) is 9.89. The maximum absolute atomic E-state index is 13.1. The smallest absolute Gasteiger partial charge is 0.381 e. The summed E-state index contributed by atoms with van der Waals surface area (Å²) in [6.07, 6.45) is -8.09. The van der Waals surface area contributed by atoms with Gasteiger partial charge in [-0.15, -0.1) is 0 Å². The first-order chi connectivity index (χ1) is 16.0. The topological polar surface area (TPSA) is 84.5 Å². The number of benzene rings is 1. The van der Waals surface area contributed by atoms with Crippen molar-refractivity contribution in [1.29, 1.82) is 0 Å². The van der Waals surface area contributed by atoms with Crippen molar-refractivity contribution in [1.82, 2.24) is 10.6 Å². The molecule has 1 saturated heterocycles. The molecule has 0 aromatic heterocycles. The van der Waals surface area contributed by atoms with Gasteiger partial charge in [0.25, 0.3) is 0 Å². The summed E-state index contributed by atoms with van der Waals surface area (Å²) in [5, 5.41) is 5.67. The van der Waals surface area contributed by atoms with E-state index in [4.69, 9.17) is 4.74 Å². The minimum absolute atomic E-state index is 0.00610. The molecule has 2 fully saturated rings. The van der Waals surface area contributed by atoms with Gasteiger partial charge in [0, 0.05) is 31.5 Å². The molecule has 1 heterocycles. The fourth-order valence-corrected chi connectivity index (χ4v) is 6.16. The number of amides is 1. The van der Waals surface area contributed by atoms with E-state index in [0.717, 1.165) is 12.7 Å². The van der Waals surface area contributed by atoms with Crippen molar-refractivity contribution in [2.45, 2.75) is 68.3 Å². The van der Waals surface area contributed by atoms with Gasteiger partial charge in [-0.3, -0.25) is 4.79 Å². The van der Waals surface area contributed by atoms with Crippen LogP contribution in [0.5, 0.6) is 0 Å². The van der Waals surface area contributed by atoms with Crippen molar-refractivity contribution < 1.29 is 44.3 Å². The molecule has 6 nitrogen and oxygen atoms in total. The largest absolute Gasteiger partial charge is 0.416 e. The molecule has 0 bridgehead atoms.